The van der Waals surface area contributed by atoms with Crippen LogP contribution in [0.4, 0.5) is 0 Å². The van der Waals surface area contributed by atoms with Gasteiger partial charge in [-0.15, -0.1) is 0 Å². The quantitative estimate of drug-likeness (QED) is 0.720. The van der Waals surface area contributed by atoms with Crippen molar-refractivity contribution in [2.75, 3.05) is 0 Å². The second kappa shape index (κ2) is 6.99. The van der Waals surface area contributed by atoms with Crippen LogP contribution in [0.3, 0.4) is 0 Å². The number of ketones is 1. The molecule has 0 aliphatic heterocycles. The summed E-state index contributed by atoms with van der Waals surface area (Å²) in [5.41, 5.74) is 4.98. The number of carbonyl (C=O) groups excluding carboxylic acids is 2. The van der Waals surface area contributed by atoms with Gasteiger partial charge >= 0.3 is 0 Å². The molecule has 0 fully saturated rings. The van der Waals surface area contributed by atoms with Crippen LogP contribution in [0.5, 0.6) is 0 Å². The Morgan fingerprint density at radius 1 is 1.40 bits per heavy atom. The van der Waals surface area contributed by atoms with Crippen molar-refractivity contribution in [2.45, 2.75) is 70.7 Å². The fourth-order valence-electron chi connectivity index (χ4n) is 2.74. The lowest BCUT2D eigenvalue weighted by Gasteiger charge is -2.44. The van der Waals surface area contributed by atoms with Gasteiger partial charge in [-0.1, -0.05) is 26.0 Å². The van der Waals surface area contributed by atoms with Crippen LogP contribution in [0.15, 0.2) is 12.2 Å². The third-order valence-electron chi connectivity index (χ3n) is 3.95. The van der Waals surface area contributed by atoms with E-state index in [0.29, 0.717) is 6.42 Å². The first-order valence-electron chi connectivity index (χ1n) is 7.25. The largest absolute Gasteiger partial charge is 0.368 e. The molecule has 1 amide bonds. The molecule has 0 aromatic carbocycles. The van der Waals surface area contributed by atoms with Gasteiger partial charge in [0, 0.05) is 13.0 Å². The number of hydrogen-bond acceptors (Lipinski definition) is 4. The molecule has 0 spiro atoms. The summed E-state index contributed by atoms with van der Waals surface area (Å²) in [5.74, 6) is -0.440. The Morgan fingerprint density at radius 2 is 2.00 bits per heavy atom. The Labute approximate surface area is 120 Å². The first-order valence-corrected chi connectivity index (χ1v) is 7.25. The highest BCUT2D eigenvalue weighted by molar-refractivity contribution is 5.93. The minimum atomic E-state index is -1.16. The highest BCUT2D eigenvalue weighted by atomic mass is 16.5. The molecule has 0 saturated carbocycles. The van der Waals surface area contributed by atoms with Crippen molar-refractivity contribution >= 4 is 11.7 Å². The minimum absolute atomic E-state index is 0.0439. The van der Waals surface area contributed by atoms with Crippen molar-refractivity contribution in [3.05, 3.63) is 12.2 Å². The maximum atomic E-state index is 12.2. The van der Waals surface area contributed by atoms with Gasteiger partial charge in [0.05, 0.1) is 6.10 Å². The fourth-order valence-corrected chi connectivity index (χ4v) is 2.74. The summed E-state index contributed by atoms with van der Waals surface area (Å²) in [5, 5.41) is 2.76. The predicted octanol–water partition coefficient (Wildman–Crippen LogP) is 1.31. The molecule has 114 valence electrons. The van der Waals surface area contributed by atoms with E-state index >= 15 is 0 Å². The highest BCUT2D eigenvalue weighted by Gasteiger charge is 2.50. The molecular formula is C15H26N2O3. The number of ether oxygens (including phenoxy) is 1. The summed E-state index contributed by atoms with van der Waals surface area (Å²) in [6.07, 6.45) is 5.54. The second-order valence-corrected chi connectivity index (χ2v) is 5.37. The molecule has 0 radical (unpaired) electrons. The average Bonchev–Trinajstić information content (AvgIpc) is 2.38. The molecule has 0 unspecified atom stereocenters. The molecule has 5 nitrogen and oxygen atoms in total. The summed E-state index contributed by atoms with van der Waals surface area (Å²) < 4.78 is 6.04. The summed E-state index contributed by atoms with van der Waals surface area (Å²) in [6.45, 7) is 6.92. The summed E-state index contributed by atoms with van der Waals surface area (Å²) >= 11 is 0. The van der Waals surface area contributed by atoms with Gasteiger partial charge in [0.15, 0.2) is 5.78 Å². The van der Waals surface area contributed by atoms with Crippen LogP contribution in [0.25, 0.3) is 0 Å². The third-order valence-corrected chi connectivity index (χ3v) is 3.95. The maximum absolute atomic E-state index is 12.2. The summed E-state index contributed by atoms with van der Waals surface area (Å²) in [6, 6.07) is -0.478. The van der Waals surface area contributed by atoms with E-state index in [0.717, 1.165) is 12.8 Å². The van der Waals surface area contributed by atoms with Crippen LogP contribution in [0.2, 0.25) is 0 Å². The normalized spacial score (nSPS) is 29.5. The van der Waals surface area contributed by atoms with Crippen molar-refractivity contribution in [1.82, 2.24) is 5.32 Å². The molecule has 1 rings (SSSR count). The SMILES string of the molecule is CCC(CC)O[C@@H]1C=CC[C@H](N)[C@]1(NC(C)=O)C(C)=O. The Bertz CT molecular complexity index is 391. The van der Waals surface area contributed by atoms with E-state index in [1.54, 1.807) is 0 Å². The number of rotatable bonds is 6. The van der Waals surface area contributed by atoms with Crippen LogP contribution in [0, 0.1) is 0 Å². The molecule has 0 aromatic rings. The molecule has 0 saturated heterocycles. The summed E-state index contributed by atoms with van der Waals surface area (Å²) in [7, 11) is 0. The van der Waals surface area contributed by atoms with Crippen LogP contribution < -0.4 is 11.1 Å². The van der Waals surface area contributed by atoms with Crippen molar-refractivity contribution in [1.29, 1.82) is 0 Å². The zero-order valence-electron chi connectivity index (χ0n) is 12.8. The Kier molecular flexibility index (Phi) is 5.89. The zero-order valence-corrected chi connectivity index (χ0v) is 12.8. The number of Topliss-reactive ketones (excluding diaryl/α,β-unsaturated/α-hetero) is 1. The molecule has 3 N–H and O–H groups in total. The van der Waals surface area contributed by atoms with Crippen molar-refractivity contribution in [2.24, 2.45) is 5.73 Å². The average molecular weight is 282 g/mol. The topological polar surface area (TPSA) is 81.4 Å². The third kappa shape index (κ3) is 3.27. The lowest BCUT2D eigenvalue weighted by atomic mass is 9.76. The minimum Gasteiger partial charge on any atom is -0.368 e. The van der Waals surface area contributed by atoms with Crippen molar-refractivity contribution < 1.29 is 14.3 Å². The van der Waals surface area contributed by atoms with Gasteiger partial charge in [0.1, 0.15) is 11.6 Å². The van der Waals surface area contributed by atoms with E-state index in [1.165, 1.54) is 13.8 Å². The Balaban J connectivity index is 3.14. The van der Waals surface area contributed by atoms with Gasteiger partial charge in [0.2, 0.25) is 5.91 Å². The van der Waals surface area contributed by atoms with Crippen LogP contribution in [-0.2, 0) is 14.3 Å². The van der Waals surface area contributed by atoms with E-state index < -0.39 is 17.7 Å². The predicted molar refractivity (Wildman–Crippen MR) is 78.2 cm³/mol. The second-order valence-electron chi connectivity index (χ2n) is 5.37. The molecule has 1 aliphatic carbocycles. The molecule has 0 heterocycles. The zero-order chi connectivity index (χ0) is 15.3. The standard InChI is InChI=1S/C15H26N2O3/c1-5-12(6-2)20-14-9-7-8-13(16)15(14,10(3)18)17-11(4)19/h7,9,12-14H,5-6,8,16H2,1-4H3,(H,17,19)/t13-,14+,15+/m0/s1. The molecule has 5 heteroatoms. The van der Waals surface area contributed by atoms with E-state index in [1.807, 2.05) is 26.0 Å². The molecule has 20 heavy (non-hydrogen) atoms. The van der Waals surface area contributed by atoms with Gasteiger partial charge in [0.25, 0.3) is 0 Å². The number of carbonyl (C=O) groups is 2. The number of nitrogens with two attached hydrogens (primary N) is 1. The van der Waals surface area contributed by atoms with Gasteiger partial charge in [-0.05, 0) is 26.2 Å². The first-order chi connectivity index (χ1) is 9.38. The molecule has 3 atom stereocenters. The molecule has 0 bridgehead atoms. The lowest BCUT2D eigenvalue weighted by molar-refractivity contribution is -0.140. The number of nitrogens with one attached hydrogen (secondary N) is 1. The molecule has 0 aromatic heterocycles. The van der Waals surface area contributed by atoms with Crippen LogP contribution >= 0.6 is 0 Å². The van der Waals surface area contributed by atoms with E-state index in [-0.39, 0.29) is 17.8 Å². The lowest BCUT2D eigenvalue weighted by Crippen LogP contribution is -2.71. The highest BCUT2D eigenvalue weighted by Crippen LogP contribution is 2.29. The van der Waals surface area contributed by atoms with Crippen molar-refractivity contribution in [3.63, 3.8) is 0 Å². The Hall–Kier alpha value is -1.20. The fraction of sp³-hybridized carbons (Fsp3) is 0.733. The van der Waals surface area contributed by atoms with Gasteiger partial charge in [-0.2, -0.15) is 0 Å². The Morgan fingerprint density at radius 3 is 2.45 bits per heavy atom. The molecule has 1 aliphatic rings. The van der Waals surface area contributed by atoms with Crippen molar-refractivity contribution in [3.8, 4) is 0 Å². The van der Waals surface area contributed by atoms with Gasteiger partial charge in [-0.25, -0.2) is 0 Å². The van der Waals surface area contributed by atoms with E-state index in [9.17, 15) is 9.59 Å². The smallest absolute Gasteiger partial charge is 0.217 e. The van der Waals surface area contributed by atoms with Gasteiger partial charge < -0.3 is 15.8 Å². The van der Waals surface area contributed by atoms with E-state index in [4.69, 9.17) is 10.5 Å². The van der Waals surface area contributed by atoms with Gasteiger partial charge in [-0.3, -0.25) is 9.59 Å². The maximum Gasteiger partial charge on any atom is 0.217 e. The van der Waals surface area contributed by atoms with E-state index in [2.05, 4.69) is 5.32 Å². The number of hydrogen-bond donors (Lipinski definition) is 2. The number of amides is 1. The molecular weight excluding hydrogens is 256 g/mol. The summed E-state index contributed by atoms with van der Waals surface area (Å²) in [4.78, 5) is 23.8. The van der Waals surface area contributed by atoms with Crippen LogP contribution in [0.1, 0.15) is 47.0 Å². The first kappa shape index (κ1) is 16.9. The monoisotopic (exact) mass is 282 g/mol. The van der Waals surface area contributed by atoms with Crippen LogP contribution in [-0.4, -0.2) is 35.5 Å².